The van der Waals surface area contributed by atoms with Crippen LogP contribution in [0.1, 0.15) is 32.8 Å². The summed E-state index contributed by atoms with van der Waals surface area (Å²) in [7, 11) is 0. The number of benzene rings is 1. The van der Waals surface area contributed by atoms with Crippen LogP contribution in [0.25, 0.3) is 0 Å². The standard InChI is InChI=1S/C22H34N4O7/c1-12(2)9-15(23)19(29)26-18(13(3)28)21(31)25-17(11-27)20(30)24-16(22(32)33)10-14-7-5-4-6-8-14/h4-8,12-13,15-18,27-28H,9-11,23H2,1-3H3,(H,24,30)(H,25,31)(H,26,29)(H,32,33). The molecule has 11 nitrogen and oxygen atoms in total. The number of rotatable bonds is 13. The van der Waals surface area contributed by atoms with Crippen LogP contribution in [-0.2, 0) is 25.6 Å². The van der Waals surface area contributed by atoms with Crippen LogP contribution in [0.4, 0.5) is 0 Å². The summed E-state index contributed by atoms with van der Waals surface area (Å²) in [5.41, 5.74) is 6.47. The summed E-state index contributed by atoms with van der Waals surface area (Å²) in [6.45, 7) is 4.19. The number of nitrogens with one attached hydrogen (secondary N) is 3. The number of carbonyl (C=O) groups is 4. The molecule has 1 aromatic carbocycles. The first-order valence-corrected chi connectivity index (χ1v) is 10.7. The van der Waals surface area contributed by atoms with E-state index in [1.54, 1.807) is 30.3 Å². The zero-order valence-electron chi connectivity index (χ0n) is 19.0. The van der Waals surface area contributed by atoms with Crippen molar-refractivity contribution < 1.29 is 34.5 Å². The van der Waals surface area contributed by atoms with Crippen LogP contribution in [0.5, 0.6) is 0 Å². The first-order chi connectivity index (χ1) is 15.5. The number of hydrogen-bond acceptors (Lipinski definition) is 7. The normalized spacial score (nSPS) is 15.6. The number of carboxylic acids is 1. The van der Waals surface area contributed by atoms with Crippen LogP contribution < -0.4 is 21.7 Å². The Labute approximate surface area is 192 Å². The summed E-state index contributed by atoms with van der Waals surface area (Å²) in [5.74, 6) is -3.67. The summed E-state index contributed by atoms with van der Waals surface area (Å²) in [4.78, 5) is 49.0. The summed E-state index contributed by atoms with van der Waals surface area (Å²) < 4.78 is 0. The van der Waals surface area contributed by atoms with Crippen LogP contribution in [0.3, 0.4) is 0 Å². The van der Waals surface area contributed by atoms with Crippen molar-refractivity contribution in [2.75, 3.05) is 6.61 Å². The van der Waals surface area contributed by atoms with E-state index in [0.29, 0.717) is 12.0 Å². The number of aliphatic hydroxyl groups is 2. The van der Waals surface area contributed by atoms with Crippen LogP contribution in [0, 0.1) is 5.92 Å². The van der Waals surface area contributed by atoms with Gasteiger partial charge in [-0.3, -0.25) is 14.4 Å². The maximum Gasteiger partial charge on any atom is 0.326 e. The number of carboxylic acid groups (broad SMARTS) is 1. The Morgan fingerprint density at radius 3 is 1.97 bits per heavy atom. The van der Waals surface area contributed by atoms with Gasteiger partial charge in [0, 0.05) is 6.42 Å². The molecule has 3 amide bonds. The van der Waals surface area contributed by atoms with Crippen molar-refractivity contribution in [2.45, 2.75) is 63.9 Å². The molecule has 0 spiro atoms. The summed E-state index contributed by atoms with van der Waals surface area (Å²) >= 11 is 0. The molecule has 0 radical (unpaired) electrons. The van der Waals surface area contributed by atoms with Crippen molar-refractivity contribution in [3.8, 4) is 0 Å². The molecular formula is C22H34N4O7. The molecule has 0 aromatic heterocycles. The molecule has 184 valence electrons. The predicted octanol–water partition coefficient (Wildman–Crippen LogP) is -1.49. The molecule has 5 unspecified atom stereocenters. The lowest BCUT2D eigenvalue weighted by Gasteiger charge is -2.26. The molecule has 0 aliphatic rings. The molecule has 0 bridgehead atoms. The van der Waals surface area contributed by atoms with Gasteiger partial charge in [0.05, 0.1) is 18.8 Å². The quantitative estimate of drug-likeness (QED) is 0.183. The van der Waals surface area contributed by atoms with Gasteiger partial charge in [-0.15, -0.1) is 0 Å². The number of aliphatic hydroxyl groups excluding tert-OH is 2. The Bertz CT molecular complexity index is 801. The third kappa shape index (κ3) is 9.56. The van der Waals surface area contributed by atoms with Crippen molar-refractivity contribution in [2.24, 2.45) is 11.7 Å². The van der Waals surface area contributed by atoms with E-state index in [1.165, 1.54) is 6.92 Å². The van der Waals surface area contributed by atoms with Gasteiger partial charge in [-0.2, -0.15) is 0 Å². The smallest absolute Gasteiger partial charge is 0.326 e. The zero-order chi connectivity index (χ0) is 25.1. The van der Waals surface area contributed by atoms with Crippen molar-refractivity contribution in [1.29, 1.82) is 0 Å². The summed E-state index contributed by atoms with van der Waals surface area (Å²) in [5, 5.41) is 35.8. The first-order valence-electron chi connectivity index (χ1n) is 10.7. The molecule has 8 N–H and O–H groups in total. The number of aliphatic carboxylic acids is 1. The lowest BCUT2D eigenvalue weighted by Crippen LogP contribution is -2.60. The molecule has 0 aliphatic heterocycles. The van der Waals surface area contributed by atoms with Crippen molar-refractivity contribution in [1.82, 2.24) is 16.0 Å². The van der Waals surface area contributed by atoms with Gasteiger partial charge >= 0.3 is 5.97 Å². The molecule has 1 aromatic rings. The fourth-order valence-electron chi connectivity index (χ4n) is 3.06. The second-order valence-electron chi connectivity index (χ2n) is 8.30. The van der Waals surface area contributed by atoms with Gasteiger partial charge in [-0.25, -0.2) is 4.79 Å². The first kappa shape index (κ1) is 28.0. The average Bonchev–Trinajstić information content (AvgIpc) is 2.74. The minimum absolute atomic E-state index is 0.00585. The van der Waals surface area contributed by atoms with E-state index in [2.05, 4.69) is 16.0 Å². The lowest BCUT2D eigenvalue weighted by molar-refractivity contribution is -0.142. The zero-order valence-corrected chi connectivity index (χ0v) is 19.0. The maximum absolute atomic E-state index is 12.6. The molecule has 1 rings (SSSR count). The van der Waals surface area contributed by atoms with Crippen LogP contribution in [0.2, 0.25) is 0 Å². The van der Waals surface area contributed by atoms with E-state index in [1.807, 2.05) is 13.8 Å². The van der Waals surface area contributed by atoms with Crippen molar-refractivity contribution in [3.05, 3.63) is 35.9 Å². The van der Waals surface area contributed by atoms with E-state index in [9.17, 15) is 34.5 Å². The molecule has 0 aliphatic carbocycles. The Balaban J connectivity index is 2.83. The van der Waals surface area contributed by atoms with E-state index in [0.717, 1.165) is 0 Å². The Hall–Kier alpha value is -3.02. The van der Waals surface area contributed by atoms with Gasteiger partial charge in [0.2, 0.25) is 17.7 Å². The van der Waals surface area contributed by atoms with Crippen LogP contribution >= 0.6 is 0 Å². The third-order valence-electron chi connectivity index (χ3n) is 4.84. The number of hydrogen-bond donors (Lipinski definition) is 7. The highest BCUT2D eigenvalue weighted by atomic mass is 16.4. The van der Waals surface area contributed by atoms with E-state index < -0.39 is 60.6 Å². The third-order valence-corrected chi connectivity index (χ3v) is 4.84. The molecule has 0 heterocycles. The molecule has 33 heavy (non-hydrogen) atoms. The van der Waals surface area contributed by atoms with Gasteiger partial charge in [0.25, 0.3) is 0 Å². The highest BCUT2D eigenvalue weighted by Gasteiger charge is 2.32. The largest absolute Gasteiger partial charge is 0.480 e. The second kappa shape index (κ2) is 13.5. The van der Waals surface area contributed by atoms with Crippen LogP contribution in [-0.4, -0.2) is 75.9 Å². The molecular weight excluding hydrogens is 432 g/mol. The Kier molecular flexibility index (Phi) is 11.5. The van der Waals surface area contributed by atoms with E-state index in [4.69, 9.17) is 5.73 Å². The highest BCUT2D eigenvalue weighted by molar-refractivity contribution is 5.94. The van der Waals surface area contributed by atoms with Crippen LogP contribution in [0.15, 0.2) is 30.3 Å². The van der Waals surface area contributed by atoms with Gasteiger partial charge < -0.3 is 37.0 Å². The van der Waals surface area contributed by atoms with Gasteiger partial charge in [-0.1, -0.05) is 44.2 Å². The Morgan fingerprint density at radius 2 is 1.48 bits per heavy atom. The highest BCUT2D eigenvalue weighted by Crippen LogP contribution is 2.06. The molecule has 11 heteroatoms. The monoisotopic (exact) mass is 466 g/mol. The molecule has 5 atom stereocenters. The number of nitrogens with two attached hydrogens (primary N) is 1. The van der Waals surface area contributed by atoms with Gasteiger partial charge in [0.15, 0.2) is 0 Å². The van der Waals surface area contributed by atoms with Gasteiger partial charge in [0.1, 0.15) is 18.1 Å². The summed E-state index contributed by atoms with van der Waals surface area (Å²) in [6, 6.07) is 3.49. The number of amides is 3. The molecule has 0 saturated carbocycles. The summed E-state index contributed by atoms with van der Waals surface area (Å²) in [6.07, 6.45) is -0.972. The van der Waals surface area contributed by atoms with Crippen molar-refractivity contribution >= 4 is 23.7 Å². The average molecular weight is 467 g/mol. The van der Waals surface area contributed by atoms with E-state index in [-0.39, 0.29) is 12.3 Å². The fourth-order valence-corrected chi connectivity index (χ4v) is 3.06. The fraction of sp³-hybridized carbons (Fsp3) is 0.545. The molecule has 0 fully saturated rings. The van der Waals surface area contributed by atoms with Crippen molar-refractivity contribution in [3.63, 3.8) is 0 Å². The number of carbonyl (C=O) groups excluding carboxylic acids is 3. The maximum atomic E-state index is 12.6. The predicted molar refractivity (Wildman–Crippen MR) is 120 cm³/mol. The SMILES string of the molecule is CC(C)CC(N)C(=O)NC(C(=O)NC(CO)C(=O)NC(Cc1ccccc1)C(=O)O)C(C)O. The minimum atomic E-state index is -1.50. The van der Waals surface area contributed by atoms with E-state index >= 15 is 0 Å². The minimum Gasteiger partial charge on any atom is -0.480 e. The molecule has 0 saturated heterocycles. The topological polar surface area (TPSA) is 191 Å². The Morgan fingerprint density at radius 1 is 0.909 bits per heavy atom. The van der Waals surface area contributed by atoms with Gasteiger partial charge in [-0.05, 0) is 24.8 Å². The lowest BCUT2D eigenvalue weighted by atomic mass is 10.0. The second-order valence-corrected chi connectivity index (χ2v) is 8.30.